The molecule has 0 aliphatic carbocycles. The minimum Gasteiger partial charge on any atom is -0.379 e. The Kier molecular flexibility index (Phi) is 26.5. The van der Waals surface area contributed by atoms with Crippen molar-refractivity contribution in [3.8, 4) is 0 Å². The van der Waals surface area contributed by atoms with Gasteiger partial charge in [0.15, 0.2) is 0 Å². The number of hydrogen-bond acceptors (Lipinski definition) is 9. The molecule has 5 aliphatic rings. The van der Waals surface area contributed by atoms with Gasteiger partial charge < -0.3 is 15.0 Å². The Bertz CT molecular complexity index is 987. The fourth-order valence-electron chi connectivity index (χ4n) is 6.81. The van der Waals surface area contributed by atoms with E-state index in [1.165, 1.54) is 97.1 Å². The Morgan fingerprint density at radius 3 is 0.945 bits per heavy atom. The van der Waals surface area contributed by atoms with E-state index >= 15 is 0 Å². The van der Waals surface area contributed by atoms with E-state index in [4.69, 9.17) is 4.74 Å². The van der Waals surface area contributed by atoms with Gasteiger partial charge in [-0.15, -0.1) is 0 Å². The molecule has 332 valence electrons. The van der Waals surface area contributed by atoms with Gasteiger partial charge in [0.25, 0.3) is 0 Å². The van der Waals surface area contributed by atoms with Crippen LogP contribution in [0.3, 0.4) is 0 Å². The van der Waals surface area contributed by atoms with Crippen LogP contribution < -0.4 is 5.32 Å². The smallest absolute Gasteiger partial charge is 0.211 e. The van der Waals surface area contributed by atoms with E-state index in [2.05, 4.69) is 141 Å². The van der Waals surface area contributed by atoms with Crippen LogP contribution in [0.5, 0.6) is 0 Å². The summed E-state index contributed by atoms with van der Waals surface area (Å²) < 4.78 is 29.1. The number of morpholine rings is 1. The van der Waals surface area contributed by atoms with Crippen LogP contribution in [0.4, 0.5) is 0 Å². The summed E-state index contributed by atoms with van der Waals surface area (Å²) >= 11 is 0. The van der Waals surface area contributed by atoms with Gasteiger partial charge in [0.2, 0.25) is 10.0 Å². The van der Waals surface area contributed by atoms with E-state index in [-0.39, 0.29) is 5.54 Å². The van der Waals surface area contributed by atoms with E-state index in [9.17, 15) is 8.42 Å². The van der Waals surface area contributed by atoms with Gasteiger partial charge >= 0.3 is 0 Å². The lowest BCUT2D eigenvalue weighted by Gasteiger charge is -2.41. The summed E-state index contributed by atoms with van der Waals surface area (Å²) in [4.78, 5) is 12.4. The van der Waals surface area contributed by atoms with Crippen molar-refractivity contribution in [3.63, 3.8) is 0 Å². The lowest BCUT2D eigenvalue weighted by Crippen LogP contribution is -2.54. The van der Waals surface area contributed by atoms with Crippen LogP contribution in [0.15, 0.2) is 0 Å². The molecule has 11 heteroatoms. The zero-order chi connectivity index (χ0) is 42.5. The largest absolute Gasteiger partial charge is 0.379 e. The van der Waals surface area contributed by atoms with Crippen molar-refractivity contribution in [2.75, 3.05) is 118 Å². The average molecular weight is 804 g/mol. The lowest BCUT2D eigenvalue weighted by atomic mass is 10.0. The lowest BCUT2D eigenvalue weighted by molar-refractivity contribution is 0.0735. The number of piperazine rings is 2. The van der Waals surface area contributed by atoms with Crippen molar-refractivity contribution in [2.24, 2.45) is 5.92 Å². The minimum absolute atomic E-state index is 0.142. The van der Waals surface area contributed by atoms with E-state index < -0.39 is 10.0 Å². The fraction of sp³-hybridized carbons (Fsp3) is 1.00. The summed E-state index contributed by atoms with van der Waals surface area (Å²) in [5.41, 5.74) is 1.31. The van der Waals surface area contributed by atoms with Gasteiger partial charge in [-0.05, 0) is 148 Å². The molecule has 5 heterocycles. The number of nitrogens with one attached hydrogen (secondary N) is 1. The molecule has 5 aliphatic heterocycles. The Balaban J connectivity index is 0.000000657. The minimum atomic E-state index is -2.99. The molecule has 0 saturated carbocycles. The molecule has 1 N–H and O–H groups in total. The van der Waals surface area contributed by atoms with Crippen LogP contribution in [0.1, 0.15) is 142 Å². The summed E-state index contributed by atoms with van der Waals surface area (Å²) in [5.74, 6) is 0.833. The summed E-state index contributed by atoms with van der Waals surface area (Å²) in [5, 5.41) is 3.16. The molecule has 0 aromatic heterocycles. The van der Waals surface area contributed by atoms with E-state index in [0.29, 0.717) is 29.7 Å². The van der Waals surface area contributed by atoms with Crippen molar-refractivity contribution in [1.82, 2.24) is 34.1 Å². The van der Waals surface area contributed by atoms with E-state index in [1.54, 1.807) is 4.31 Å². The number of likely N-dealkylation sites (N-methyl/N-ethyl adjacent to an activating group) is 1. The second-order valence-electron chi connectivity index (χ2n) is 20.8. The van der Waals surface area contributed by atoms with Gasteiger partial charge in [-0.2, -0.15) is 4.31 Å². The number of rotatable bonds is 1. The SMILES string of the molecule is C1COCCN1.CC(C)(C)N1CCCCC1.CC(C)(C)N1CCCCC1.CC(C)(C)N1CCN(S(C)(=O)=O)CC1.CC(C)C.CN1CCN(C(C)(C)C)CC1. The Hall–Kier alpha value is -0.370. The van der Waals surface area contributed by atoms with Gasteiger partial charge in [-0.3, -0.25) is 19.6 Å². The molecule has 5 rings (SSSR count). The van der Waals surface area contributed by atoms with Crippen LogP contribution in [0.25, 0.3) is 0 Å². The first-order valence-corrected chi connectivity index (χ1v) is 23.9. The Morgan fingerprint density at radius 1 is 0.473 bits per heavy atom. The first-order chi connectivity index (χ1) is 25.2. The molecule has 55 heavy (non-hydrogen) atoms. The Labute approximate surface area is 344 Å². The van der Waals surface area contributed by atoms with Crippen LogP contribution in [0, 0.1) is 5.92 Å². The van der Waals surface area contributed by atoms with Crippen LogP contribution in [-0.2, 0) is 14.8 Å². The fourth-order valence-corrected chi connectivity index (χ4v) is 7.64. The predicted molar refractivity (Wildman–Crippen MR) is 241 cm³/mol. The van der Waals surface area contributed by atoms with E-state index in [0.717, 1.165) is 45.3 Å². The van der Waals surface area contributed by atoms with Gasteiger partial charge in [-0.25, -0.2) is 8.42 Å². The highest BCUT2D eigenvalue weighted by Gasteiger charge is 2.29. The molecule has 0 radical (unpaired) electrons. The molecule has 0 unspecified atom stereocenters. The number of ether oxygens (including phenoxy) is 1. The third-order valence-corrected chi connectivity index (χ3v) is 11.9. The summed E-state index contributed by atoms with van der Waals surface area (Å²) in [6.07, 6.45) is 9.75. The maximum atomic E-state index is 11.3. The second-order valence-corrected chi connectivity index (χ2v) is 22.8. The normalized spacial score (nSPS) is 22.2. The van der Waals surface area contributed by atoms with Gasteiger partial charge in [-0.1, -0.05) is 33.6 Å². The summed E-state index contributed by atoms with van der Waals surface area (Å²) in [6.45, 7) is 50.5. The molecule has 0 atom stereocenters. The molecule has 0 spiro atoms. The zero-order valence-electron chi connectivity index (χ0n) is 39.9. The van der Waals surface area contributed by atoms with Gasteiger partial charge in [0, 0.05) is 87.6 Å². The first-order valence-electron chi connectivity index (χ1n) is 22.1. The van der Waals surface area contributed by atoms with Crippen molar-refractivity contribution in [2.45, 2.75) is 165 Å². The van der Waals surface area contributed by atoms with Gasteiger partial charge in [0.1, 0.15) is 0 Å². The molecule has 5 saturated heterocycles. The molecule has 10 nitrogen and oxygen atoms in total. The van der Waals surface area contributed by atoms with E-state index in [1.807, 2.05) is 0 Å². The summed E-state index contributed by atoms with van der Waals surface area (Å²) in [7, 11) is -0.794. The van der Waals surface area contributed by atoms with Crippen LogP contribution in [-0.4, -0.2) is 178 Å². The molecule has 0 aromatic carbocycles. The standard InChI is InChI=1S/C9H20N2O2S.C9H20N2.2C9H19N.C4H9NO.C4H10/c1-9(2,3)10-5-7-11(8-6-10)14(4,12)13;1-9(2,3)11-7-5-10(4)6-8-11;2*1-9(2,3)10-7-5-4-6-8-10;1-3-6-4-2-5-1;1-4(2)3/h5-8H2,1-4H3;5-8H2,1-4H3;2*4-8H2,1-3H3;5H,1-4H2;4H,1-3H3. The molecule has 5 fully saturated rings. The third kappa shape index (κ3) is 27.9. The van der Waals surface area contributed by atoms with Crippen molar-refractivity contribution < 1.29 is 13.2 Å². The second kappa shape index (κ2) is 26.7. The Morgan fingerprint density at radius 2 is 0.745 bits per heavy atom. The van der Waals surface area contributed by atoms with Crippen LogP contribution >= 0.6 is 0 Å². The average Bonchev–Trinajstić information content (AvgIpc) is 3.09. The predicted octanol–water partition coefficient (Wildman–Crippen LogP) is 7.20. The number of hydrogen-bond donors (Lipinski definition) is 1. The highest BCUT2D eigenvalue weighted by Crippen LogP contribution is 2.20. The maximum Gasteiger partial charge on any atom is 0.211 e. The van der Waals surface area contributed by atoms with Gasteiger partial charge in [0.05, 0.1) is 19.5 Å². The molecule has 0 bridgehead atoms. The molecule has 0 aromatic rings. The zero-order valence-corrected chi connectivity index (χ0v) is 40.8. The summed E-state index contributed by atoms with van der Waals surface area (Å²) in [6, 6.07) is 0. The molecule has 0 amide bonds. The highest BCUT2D eigenvalue weighted by molar-refractivity contribution is 7.88. The highest BCUT2D eigenvalue weighted by atomic mass is 32.2. The quantitative estimate of drug-likeness (QED) is 0.297. The van der Waals surface area contributed by atoms with Crippen molar-refractivity contribution >= 4 is 10.0 Å². The third-order valence-electron chi connectivity index (χ3n) is 10.6. The van der Waals surface area contributed by atoms with Crippen LogP contribution in [0.2, 0.25) is 0 Å². The monoisotopic (exact) mass is 804 g/mol. The molecular formula is C44H97N7O3S. The van der Waals surface area contributed by atoms with Crippen molar-refractivity contribution in [3.05, 3.63) is 0 Å². The number of sulfonamides is 1. The van der Waals surface area contributed by atoms with Crippen molar-refractivity contribution in [1.29, 1.82) is 0 Å². The molecular weight excluding hydrogens is 707 g/mol. The maximum absolute atomic E-state index is 11.3. The number of likely N-dealkylation sites (tertiary alicyclic amines) is 2. The number of piperidine rings is 2. The first kappa shape index (κ1) is 54.6. The number of nitrogens with zero attached hydrogens (tertiary/aromatic N) is 6. The topological polar surface area (TPSA) is 74.8 Å².